The zero-order valence-corrected chi connectivity index (χ0v) is 13.1. The molecule has 0 saturated carbocycles. The predicted octanol–water partition coefficient (Wildman–Crippen LogP) is 2.48. The Bertz CT molecular complexity index is 405. The largest absolute Gasteiger partial charge is 0.494 e. The first-order chi connectivity index (χ1) is 10.2. The number of β-amino-alcohol motifs (C(OH)–C–C–N with tert-alkyl or cyclic N) is 1. The summed E-state index contributed by atoms with van der Waals surface area (Å²) in [5.41, 5.74) is 0.951. The van der Waals surface area contributed by atoms with Gasteiger partial charge >= 0.3 is 0 Å². The summed E-state index contributed by atoms with van der Waals surface area (Å²) in [6.07, 6.45) is 1.97. The average molecular weight is 293 g/mol. The highest BCUT2D eigenvalue weighted by atomic mass is 16.5. The summed E-state index contributed by atoms with van der Waals surface area (Å²) in [5, 5.41) is 10.4. The van der Waals surface area contributed by atoms with Crippen LogP contribution in [0.5, 0.6) is 5.75 Å². The molecule has 0 radical (unpaired) electrons. The van der Waals surface area contributed by atoms with Crippen molar-refractivity contribution in [2.24, 2.45) is 5.92 Å². The molecule has 0 aliphatic carbocycles. The number of ether oxygens (including phenoxy) is 2. The fraction of sp³-hybridized carbons (Fsp3) is 0.647. The van der Waals surface area contributed by atoms with E-state index in [1.165, 1.54) is 12.8 Å². The molecule has 1 saturated heterocycles. The van der Waals surface area contributed by atoms with Crippen molar-refractivity contribution in [2.75, 3.05) is 40.0 Å². The molecule has 2 rings (SSSR count). The molecule has 0 spiro atoms. The number of aliphatic hydroxyl groups excluding tert-OH is 1. The highest BCUT2D eigenvalue weighted by Crippen LogP contribution is 2.22. The van der Waals surface area contributed by atoms with Gasteiger partial charge in [-0.2, -0.15) is 0 Å². The van der Waals surface area contributed by atoms with Gasteiger partial charge in [-0.3, -0.25) is 0 Å². The quantitative estimate of drug-likeness (QED) is 0.838. The van der Waals surface area contributed by atoms with Crippen LogP contribution in [0.25, 0.3) is 0 Å². The molecule has 1 N–H and O–H groups in total. The Morgan fingerprint density at radius 3 is 2.76 bits per heavy atom. The number of benzene rings is 1. The first kappa shape index (κ1) is 16.3. The summed E-state index contributed by atoms with van der Waals surface area (Å²) in [6.45, 7) is 6.21. The summed E-state index contributed by atoms with van der Waals surface area (Å²) in [5.74, 6) is 1.45. The van der Waals surface area contributed by atoms with Crippen LogP contribution >= 0.6 is 0 Å². The first-order valence-electron chi connectivity index (χ1n) is 7.85. The zero-order valence-electron chi connectivity index (χ0n) is 13.1. The molecule has 2 unspecified atom stereocenters. The van der Waals surface area contributed by atoms with Crippen molar-refractivity contribution >= 4 is 0 Å². The van der Waals surface area contributed by atoms with E-state index in [2.05, 4.69) is 4.90 Å². The standard InChI is InChI=1S/C17H27NO3/c1-3-21-16-8-6-15(7-9-16)17(19)12-18-10-4-5-14(11-18)13-20-2/h6-9,14,17,19H,3-5,10-13H2,1-2H3. The minimum absolute atomic E-state index is 0.443. The predicted molar refractivity (Wildman–Crippen MR) is 83.6 cm³/mol. The van der Waals surface area contributed by atoms with Gasteiger partial charge < -0.3 is 19.5 Å². The molecule has 4 heteroatoms. The van der Waals surface area contributed by atoms with Crippen LogP contribution in [0.4, 0.5) is 0 Å². The zero-order chi connectivity index (χ0) is 15.1. The van der Waals surface area contributed by atoms with Gasteiger partial charge in [0.15, 0.2) is 0 Å². The molecule has 1 aromatic rings. The maximum absolute atomic E-state index is 10.4. The summed E-state index contributed by atoms with van der Waals surface area (Å²) < 4.78 is 10.7. The number of nitrogens with zero attached hydrogens (tertiary/aromatic N) is 1. The van der Waals surface area contributed by atoms with Gasteiger partial charge in [-0.25, -0.2) is 0 Å². The molecular formula is C17H27NO3. The Morgan fingerprint density at radius 1 is 1.33 bits per heavy atom. The summed E-state index contributed by atoms with van der Waals surface area (Å²) in [7, 11) is 1.76. The molecule has 1 heterocycles. The topological polar surface area (TPSA) is 41.9 Å². The minimum atomic E-state index is -0.443. The normalized spacial score (nSPS) is 21.2. The third kappa shape index (κ3) is 4.99. The van der Waals surface area contributed by atoms with Crippen molar-refractivity contribution in [3.8, 4) is 5.75 Å². The molecule has 0 aromatic heterocycles. The lowest BCUT2D eigenvalue weighted by molar-refractivity contribution is 0.0562. The molecule has 21 heavy (non-hydrogen) atoms. The van der Waals surface area contributed by atoms with Crippen LogP contribution in [-0.2, 0) is 4.74 Å². The Labute approximate surface area is 127 Å². The Balaban J connectivity index is 1.86. The van der Waals surface area contributed by atoms with Crippen LogP contribution in [0.2, 0.25) is 0 Å². The lowest BCUT2D eigenvalue weighted by Gasteiger charge is -2.33. The van der Waals surface area contributed by atoms with Crippen LogP contribution in [0.15, 0.2) is 24.3 Å². The van der Waals surface area contributed by atoms with Crippen molar-refractivity contribution in [2.45, 2.75) is 25.9 Å². The van der Waals surface area contributed by atoms with Crippen molar-refractivity contribution in [1.82, 2.24) is 4.90 Å². The van der Waals surface area contributed by atoms with E-state index in [1.54, 1.807) is 7.11 Å². The van der Waals surface area contributed by atoms with Gasteiger partial charge in [-0.05, 0) is 49.9 Å². The molecule has 0 amide bonds. The Kier molecular flexibility index (Phi) is 6.49. The van der Waals surface area contributed by atoms with Crippen molar-refractivity contribution in [3.05, 3.63) is 29.8 Å². The molecule has 1 fully saturated rings. The fourth-order valence-electron chi connectivity index (χ4n) is 2.99. The van der Waals surface area contributed by atoms with Gasteiger partial charge in [0.05, 0.1) is 19.3 Å². The average Bonchev–Trinajstić information content (AvgIpc) is 2.49. The van der Waals surface area contributed by atoms with E-state index in [9.17, 15) is 5.11 Å². The van der Waals surface area contributed by atoms with Gasteiger partial charge in [0.2, 0.25) is 0 Å². The van der Waals surface area contributed by atoms with Gasteiger partial charge in [-0.1, -0.05) is 12.1 Å². The van der Waals surface area contributed by atoms with Crippen molar-refractivity contribution in [1.29, 1.82) is 0 Å². The highest BCUT2D eigenvalue weighted by molar-refractivity contribution is 5.28. The maximum Gasteiger partial charge on any atom is 0.119 e. The third-order valence-electron chi connectivity index (χ3n) is 4.01. The van der Waals surface area contributed by atoms with Crippen LogP contribution in [-0.4, -0.2) is 50.0 Å². The molecule has 4 nitrogen and oxygen atoms in total. The summed E-state index contributed by atoms with van der Waals surface area (Å²) >= 11 is 0. The van der Waals surface area contributed by atoms with E-state index in [0.29, 0.717) is 19.1 Å². The fourth-order valence-corrected chi connectivity index (χ4v) is 2.99. The van der Waals surface area contributed by atoms with E-state index in [1.807, 2.05) is 31.2 Å². The van der Waals surface area contributed by atoms with Crippen LogP contribution in [0.3, 0.4) is 0 Å². The maximum atomic E-state index is 10.4. The molecule has 2 atom stereocenters. The Hall–Kier alpha value is -1.10. The highest BCUT2D eigenvalue weighted by Gasteiger charge is 2.22. The number of hydrogen-bond acceptors (Lipinski definition) is 4. The molecular weight excluding hydrogens is 266 g/mol. The lowest BCUT2D eigenvalue weighted by Crippen LogP contribution is -2.39. The lowest BCUT2D eigenvalue weighted by atomic mass is 9.98. The van der Waals surface area contributed by atoms with E-state index < -0.39 is 6.10 Å². The van der Waals surface area contributed by atoms with Gasteiger partial charge in [0, 0.05) is 20.2 Å². The molecule has 1 aliphatic rings. The first-order valence-corrected chi connectivity index (χ1v) is 7.85. The number of methoxy groups -OCH3 is 1. The number of likely N-dealkylation sites (tertiary alicyclic amines) is 1. The smallest absolute Gasteiger partial charge is 0.119 e. The number of aliphatic hydroxyl groups is 1. The van der Waals surface area contributed by atoms with Gasteiger partial charge in [0.25, 0.3) is 0 Å². The van der Waals surface area contributed by atoms with Crippen molar-refractivity contribution < 1.29 is 14.6 Å². The number of hydrogen-bond donors (Lipinski definition) is 1. The molecule has 1 aliphatic heterocycles. The second-order valence-electron chi connectivity index (χ2n) is 5.74. The second kappa shape index (κ2) is 8.37. The van der Waals surface area contributed by atoms with Crippen LogP contribution in [0, 0.1) is 5.92 Å². The monoisotopic (exact) mass is 293 g/mol. The minimum Gasteiger partial charge on any atom is -0.494 e. The number of rotatable bonds is 7. The van der Waals surface area contributed by atoms with Crippen molar-refractivity contribution in [3.63, 3.8) is 0 Å². The van der Waals surface area contributed by atoms with Crippen LogP contribution in [0.1, 0.15) is 31.4 Å². The van der Waals surface area contributed by atoms with E-state index in [-0.39, 0.29) is 0 Å². The van der Waals surface area contributed by atoms with E-state index >= 15 is 0 Å². The SMILES string of the molecule is CCOc1ccc(C(O)CN2CCCC(COC)C2)cc1. The Morgan fingerprint density at radius 2 is 2.10 bits per heavy atom. The van der Waals surface area contributed by atoms with Crippen LogP contribution < -0.4 is 4.74 Å². The second-order valence-corrected chi connectivity index (χ2v) is 5.74. The summed E-state index contributed by atoms with van der Waals surface area (Å²) in [6, 6.07) is 7.75. The molecule has 118 valence electrons. The van der Waals surface area contributed by atoms with E-state index in [0.717, 1.165) is 31.0 Å². The molecule has 0 bridgehead atoms. The molecule has 1 aromatic carbocycles. The third-order valence-corrected chi connectivity index (χ3v) is 4.01. The summed E-state index contributed by atoms with van der Waals surface area (Å²) in [4.78, 5) is 2.34. The van der Waals surface area contributed by atoms with E-state index in [4.69, 9.17) is 9.47 Å². The van der Waals surface area contributed by atoms with Gasteiger partial charge in [0.1, 0.15) is 5.75 Å². The number of piperidine rings is 1. The van der Waals surface area contributed by atoms with Gasteiger partial charge in [-0.15, -0.1) is 0 Å².